The lowest BCUT2D eigenvalue weighted by molar-refractivity contribution is 0.0634. The molecule has 0 bridgehead atoms. The molecule has 1 aromatic carbocycles. The second-order valence-electron chi connectivity index (χ2n) is 5.48. The zero-order valence-corrected chi connectivity index (χ0v) is 12.9. The van der Waals surface area contributed by atoms with E-state index in [1.807, 2.05) is 6.92 Å². The lowest BCUT2D eigenvalue weighted by Crippen LogP contribution is -2.27. The smallest absolute Gasteiger partial charge is 0.412 e. The number of amides is 1. The van der Waals surface area contributed by atoms with Crippen molar-refractivity contribution in [3.05, 3.63) is 17.2 Å². The van der Waals surface area contributed by atoms with Gasteiger partial charge in [-0.2, -0.15) is 0 Å². The van der Waals surface area contributed by atoms with Gasteiger partial charge < -0.3 is 14.6 Å². The lowest BCUT2D eigenvalue weighted by Gasteiger charge is -2.21. The molecule has 0 aliphatic rings. The molecule has 116 valence electrons. The molecule has 0 aromatic heterocycles. The van der Waals surface area contributed by atoms with Crippen molar-refractivity contribution in [2.75, 3.05) is 12.4 Å². The SMILES string of the molecule is CCc1cc(C=O)c(O)c(NC(=O)OC(C)(C)C)c1OC. The number of carbonyl (C=O) groups excluding carboxylic acids is 2. The minimum absolute atomic E-state index is 0.0354. The molecule has 0 aliphatic heterocycles. The van der Waals surface area contributed by atoms with Crippen LogP contribution in [0.1, 0.15) is 43.6 Å². The van der Waals surface area contributed by atoms with Crippen LogP contribution in [0, 0.1) is 0 Å². The number of carbonyl (C=O) groups is 2. The van der Waals surface area contributed by atoms with Crippen molar-refractivity contribution in [3.8, 4) is 11.5 Å². The van der Waals surface area contributed by atoms with Crippen molar-refractivity contribution in [3.63, 3.8) is 0 Å². The summed E-state index contributed by atoms with van der Waals surface area (Å²) in [7, 11) is 1.43. The van der Waals surface area contributed by atoms with E-state index in [0.717, 1.165) is 0 Å². The fourth-order valence-electron chi connectivity index (χ4n) is 1.84. The third-order valence-corrected chi connectivity index (χ3v) is 2.70. The number of benzene rings is 1. The van der Waals surface area contributed by atoms with E-state index in [1.54, 1.807) is 20.8 Å². The molecule has 0 radical (unpaired) electrons. The van der Waals surface area contributed by atoms with Crippen LogP contribution in [0.15, 0.2) is 6.07 Å². The Bertz CT molecular complexity index is 546. The number of ether oxygens (including phenoxy) is 2. The number of aldehydes is 1. The van der Waals surface area contributed by atoms with E-state index in [4.69, 9.17) is 9.47 Å². The highest BCUT2D eigenvalue weighted by Crippen LogP contribution is 2.40. The molecule has 2 N–H and O–H groups in total. The largest absolute Gasteiger partial charge is 0.505 e. The van der Waals surface area contributed by atoms with Crippen LogP contribution in [0.25, 0.3) is 0 Å². The van der Waals surface area contributed by atoms with Gasteiger partial charge in [0.2, 0.25) is 0 Å². The summed E-state index contributed by atoms with van der Waals surface area (Å²) in [5.41, 5.74) is 0.137. The number of aromatic hydroxyl groups is 1. The summed E-state index contributed by atoms with van der Waals surface area (Å²) in [4.78, 5) is 22.9. The first-order chi connectivity index (χ1) is 9.73. The first-order valence-corrected chi connectivity index (χ1v) is 6.61. The highest BCUT2D eigenvalue weighted by atomic mass is 16.6. The van der Waals surface area contributed by atoms with Gasteiger partial charge in [0, 0.05) is 0 Å². The summed E-state index contributed by atoms with van der Waals surface area (Å²) < 4.78 is 10.4. The maximum atomic E-state index is 11.9. The van der Waals surface area contributed by atoms with Crippen LogP contribution >= 0.6 is 0 Å². The van der Waals surface area contributed by atoms with Gasteiger partial charge in [-0.1, -0.05) is 6.92 Å². The van der Waals surface area contributed by atoms with Gasteiger partial charge in [0.05, 0.1) is 12.7 Å². The summed E-state index contributed by atoms with van der Waals surface area (Å²) in [6, 6.07) is 1.53. The van der Waals surface area contributed by atoms with Gasteiger partial charge in [-0.15, -0.1) is 0 Å². The minimum atomic E-state index is -0.735. The zero-order chi connectivity index (χ0) is 16.2. The topological polar surface area (TPSA) is 84.9 Å². The molecule has 0 unspecified atom stereocenters. The molecule has 0 heterocycles. The van der Waals surface area contributed by atoms with Crippen LogP contribution in [0.5, 0.6) is 11.5 Å². The number of hydrogen-bond acceptors (Lipinski definition) is 5. The normalized spacial score (nSPS) is 10.9. The molecular weight excluding hydrogens is 274 g/mol. The first kappa shape index (κ1) is 16.8. The summed E-state index contributed by atoms with van der Waals surface area (Å²) in [6.07, 6.45) is 0.364. The molecule has 0 atom stereocenters. The number of methoxy groups -OCH3 is 1. The highest BCUT2D eigenvalue weighted by Gasteiger charge is 2.22. The monoisotopic (exact) mass is 295 g/mol. The third-order valence-electron chi connectivity index (χ3n) is 2.70. The Morgan fingerprint density at radius 2 is 2.05 bits per heavy atom. The standard InChI is InChI=1S/C15H21NO5/c1-6-9-7-10(8-17)12(18)11(13(9)20-5)16-14(19)21-15(2,3)4/h7-8,18H,6H2,1-5H3,(H,16,19). The fraction of sp³-hybridized carbons (Fsp3) is 0.467. The van der Waals surface area contributed by atoms with Crippen molar-refractivity contribution in [1.82, 2.24) is 0 Å². The Balaban J connectivity index is 3.26. The molecule has 0 aliphatic carbocycles. The van der Waals surface area contributed by atoms with Gasteiger partial charge in [0.25, 0.3) is 0 Å². The van der Waals surface area contributed by atoms with E-state index in [2.05, 4.69) is 5.32 Å². The minimum Gasteiger partial charge on any atom is -0.505 e. The second kappa shape index (κ2) is 6.47. The molecule has 1 rings (SSSR count). The second-order valence-corrected chi connectivity index (χ2v) is 5.48. The van der Waals surface area contributed by atoms with Crippen LogP contribution in [0.3, 0.4) is 0 Å². The van der Waals surface area contributed by atoms with Crippen molar-refractivity contribution in [2.24, 2.45) is 0 Å². The van der Waals surface area contributed by atoms with Crippen LogP contribution in [0.2, 0.25) is 0 Å². The first-order valence-electron chi connectivity index (χ1n) is 6.61. The molecule has 6 heteroatoms. The number of aryl methyl sites for hydroxylation is 1. The molecular formula is C15H21NO5. The summed E-state index contributed by atoms with van der Waals surface area (Å²) >= 11 is 0. The Kier molecular flexibility index (Phi) is 5.18. The summed E-state index contributed by atoms with van der Waals surface area (Å²) in [5.74, 6) is -0.0311. The summed E-state index contributed by atoms with van der Waals surface area (Å²) in [5, 5.41) is 12.5. The predicted octanol–water partition coefficient (Wildman–Crippen LogP) is 3.12. The molecule has 0 fully saturated rings. The quantitative estimate of drug-likeness (QED) is 0.658. The molecule has 21 heavy (non-hydrogen) atoms. The number of rotatable bonds is 4. The van der Waals surface area contributed by atoms with E-state index in [0.29, 0.717) is 24.0 Å². The van der Waals surface area contributed by atoms with Gasteiger partial charge >= 0.3 is 6.09 Å². The predicted molar refractivity (Wildman–Crippen MR) is 79.3 cm³/mol. The van der Waals surface area contributed by atoms with E-state index >= 15 is 0 Å². The number of anilines is 1. The van der Waals surface area contributed by atoms with E-state index in [9.17, 15) is 14.7 Å². The van der Waals surface area contributed by atoms with Gasteiger partial charge in [-0.25, -0.2) is 4.79 Å². The Hall–Kier alpha value is -2.24. The van der Waals surface area contributed by atoms with Crippen LogP contribution in [-0.2, 0) is 11.2 Å². The maximum Gasteiger partial charge on any atom is 0.412 e. The summed E-state index contributed by atoms with van der Waals surface area (Å²) in [6.45, 7) is 7.05. The van der Waals surface area contributed by atoms with Crippen molar-refractivity contribution in [1.29, 1.82) is 0 Å². The van der Waals surface area contributed by atoms with Crippen LogP contribution < -0.4 is 10.1 Å². The maximum absolute atomic E-state index is 11.9. The number of phenols is 1. The van der Waals surface area contributed by atoms with Gasteiger partial charge in [0.1, 0.15) is 17.0 Å². The van der Waals surface area contributed by atoms with Gasteiger partial charge in [0.15, 0.2) is 12.0 Å². The lowest BCUT2D eigenvalue weighted by atomic mass is 10.0. The van der Waals surface area contributed by atoms with Crippen molar-refractivity contribution < 1.29 is 24.2 Å². The number of nitrogens with one attached hydrogen (secondary N) is 1. The van der Waals surface area contributed by atoms with E-state index in [1.165, 1.54) is 13.2 Å². The molecule has 0 spiro atoms. The Labute approximate surface area is 124 Å². The van der Waals surface area contributed by atoms with Crippen molar-refractivity contribution in [2.45, 2.75) is 39.7 Å². The number of hydrogen-bond donors (Lipinski definition) is 2. The van der Waals surface area contributed by atoms with Gasteiger partial charge in [-0.05, 0) is 38.8 Å². The fourth-order valence-corrected chi connectivity index (χ4v) is 1.84. The molecule has 1 aromatic rings. The van der Waals surface area contributed by atoms with E-state index in [-0.39, 0.29) is 17.0 Å². The van der Waals surface area contributed by atoms with Crippen LogP contribution in [0.4, 0.5) is 10.5 Å². The Morgan fingerprint density at radius 1 is 1.43 bits per heavy atom. The zero-order valence-electron chi connectivity index (χ0n) is 12.9. The highest BCUT2D eigenvalue weighted by molar-refractivity contribution is 5.94. The average Bonchev–Trinajstić information content (AvgIpc) is 2.38. The Morgan fingerprint density at radius 3 is 2.48 bits per heavy atom. The molecule has 1 amide bonds. The van der Waals surface area contributed by atoms with E-state index < -0.39 is 11.7 Å². The van der Waals surface area contributed by atoms with Crippen LogP contribution in [-0.4, -0.2) is 30.2 Å². The molecule has 0 saturated carbocycles. The van der Waals surface area contributed by atoms with Crippen molar-refractivity contribution >= 4 is 18.1 Å². The number of phenolic OH excluding ortho intramolecular Hbond substituents is 1. The molecule has 6 nitrogen and oxygen atoms in total. The van der Waals surface area contributed by atoms with Gasteiger partial charge in [-0.3, -0.25) is 10.1 Å². The molecule has 0 saturated heterocycles. The third kappa shape index (κ3) is 4.11. The average molecular weight is 295 g/mol.